The summed E-state index contributed by atoms with van der Waals surface area (Å²) in [5.41, 5.74) is 1.39. The van der Waals surface area contributed by atoms with Crippen molar-refractivity contribution in [3.05, 3.63) is 48.0 Å². The van der Waals surface area contributed by atoms with Gasteiger partial charge in [-0.05, 0) is 10.8 Å². The normalized spacial score (nSPS) is 16.3. The summed E-state index contributed by atoms with van der Waals surface area (Å²) in [6.07, 6.45) is 0. The van der Waals surface area contributed by atoms with Crippen molar-refractivity contribution in [3.8, 4) is 0 Å². The average Bonchev–Trinajstić information content (AvgIpc) is 2.55. The van der Waals surface area contributed by atoms with Gasteiger partial charge >= 0.3 is 0 Å². The van der Waals surface area contributed by atoms with Gasteiger partial charge in [-0.25, -0.2) is 0 Å². The van der Waals surface area contributed by atoms with E-state index in [1.165, 1.54) is 21.2 Å². The van der Waals surface area contributed by atoms with Gasteiger partial charge in [0.05, 0.1) is 26.2 Å². The zero-order valence-corrected chi connectivity index (χ0v) is 12.8. The molecular weight excluding hydrogens is 284 g/mol. The molecule has 21 heavy (non-hydrogen) atoms. The van der Waals surface area contributed by atoms with Crippen molar-refractivity contribution in [2.45, 2.75) is 6.54 Å². The van der Waals surface area contributed by atoms with E-state index in [9.17, 15) is 4.79 Å². The molecule has 0 aliphatic carbocycles. The summed E-state index contributed by atoms with van der Waals surface area (Å²) in [5.74, 6) is 0.152. The lowest BCUT2D eigenvalue weighted by Gasteiger charge is -2.32. The van der Waals surface area contributed by atoms with E-state index in [2.05, 4.69) is 42.5 Å². The molecule has 0 spiro atoms. The van der Waals surface area contributed by atoms with Gasteiger partial charge < -0.3 is 9.80 Å². The molecule has 1 N–H and O–H groups in total. The minimum Gasteiger partial charge on any atom is -0.330 e. The third kappa shape index (κ3) is 3.20. The van der Waals surface area contributed by atoms with E-state index >= 15 is 0 Å². The van der Waals surface area contributed by atoms with E-state index in [-0.39, 0.29) is 11.8 Å². The molecule has 1 amide bonds. The lowest BCUT2D eigenvalue weighted by molar-refractivity contribution is -0.917. The Morgan fingerprint density at radius 1 is 1.10 bits per heavy atom. The number of piperazine rings is 1. The van der Waals surface area contributed by atoms with Gasteiger partial charge in [0.25, 0.3) is 0 Å². The first-order chi connectivity index (χ1) is 10.3. The Morgan fingerprint density at radius 2 is 1.81 bits per heavy atom. The van der Waals surface area contributed by atoms with Gasteiger partial charge in [0, 0.05) is 5.56 Å². The highest BCUT2D eigenvalue weighted by Crippen LogP contribution is 2.17. The predicted octanol–water partition coefficient (Wildman–Crippen LogP) is 1.31. The van der Waals surface area contributed by atoms with Crippen LogP contribution in [-0.2, 0) is 11.3 Å². The van der Waals surface area contributed by atoms with Gasteiger partial charge in [0.2, 0.25) is 5.91 Å². The fraction of sp³-hybridized carbons (Fsp3) is 0.353. The van der Waals surface area contributed by atoms with E-state index in [1.54, 1.807) is 0 Å². The zero-order valence-electron chi connectivity index (χ0n) is 12.0. The van der Waals surface area contributed by atoms with Crippen LogP contribution in [0.15, 0.2) is 42.5 Å². The molecule has 0 unspecified atom stereocenters. The van der Waals surface area contributed by atoms with Crippen LogP contribution in [0.3, 0.4) is 0 Å². The molecule has 1 saturated heterocycles. The number of rotatable bonds is 3. The number of fused-ring (bicyclic) bond motifs is 1. The summed E-state index contributed by atoms with van der Waals surface area (Å²) in [5, 5.41) is 2.64. The lowest BCUT2D eigenvalue weighted by atomic mass is 10.0. The molecule has 1 aliphatic rings. The van der Waals surface area contributed by atoms with Crippen LogP contribution in [-0.4, -0.2) is 42.9 Å². The van der Waals surface area contributed by atoms with Crippen molar-refractivity contribution in [1.82, 2.24) is 4.90 Å². The van der Waals surface area contributed by atoms with E-state index in [4.69, 9.17) is 11.6 Å². The molecule has 0 radical (unpaired) electrons. The van der Waals surface area contributed by atoms with Gasteiger partial charge in [-0.15, -0.1) is 11.6 Å². The predicted molar refractivity (Wildman–Crippen MR) is 85.6 cm³/mol. The van der Waals surface area contributed by atoms with E-state index in [0.717, 1.165) is 32.7 Å². The summed E-state index contributed by atoms with van der Waals surface area (Å²) in [6, 6.07) is 15.0. The smallest absolute Gasteiger partial charge is 0.237 e. The molecule has 3 rings (SSSR count). The van der Waals surface area contributed by atoms with Gasteiger partial charge in [-0.1, -0.05) is 42.5 Å². The van der Waals surface area contributed by atoms with Gasteiger partial charge in [0.15, 0.2) is 0 Å². The van der Waals surface area contributed by atoms with Crippen LogP contribution >= 0.6 is 11.6 Å². The van der Waals surface area contributed by atoms with Crippen LogP contribution in [0.25, 0.3) is 10.8 Å². The molecule has 4 heteroatoms. The Balaban J connectivity index is 1.69. The summed E-state index contributed by atoms with van der Waals surface area (Å²) < 4.78 is 0. The van der Waals surface area contributed by atoms with E-state index < -0.39 is 0 Å². The Morgan fingerprint density at radius 3 is 2.57 bits per heavy atom. The second kappa shape index (κ2) is 6.46. The minimum atomic E-state index is 0.0564. The molecule has 1 fully saturated rings. The number of nitrogens with one attached hydrogen (secondary N) is 1. The number of amides is 1. The number of carbonyl (C=O) groups is 1. The molecule has 2 aromatic carbocycles. The van der Waals surface area contributed by atoms with E-state index in [1.807, 2.05) is 4.90 Å². The highest BCUT2D eigenvalue weighted by Gasteiger charge is 2.23. The number of benzene rings is 2. The maximum atomic E-state index is 11.6. The highest BCUT2D eigenvalue weighted by molar-refractivity contribution is 6.27. The number of quaternary nitrogens is 1. The fourth-order valence-electron chi connectivity index (χ4n) is 3.05. The van der Waals surface area contributed by atoms with Crippen molar-refractivity contribution >= 4 is 28.3 Å². The molecule has 1 aliphatic heterocycles. The SMILES string of the molecule is O=C(CCl)N1CC[NH+](Cc2cccc3ccccc23)CC1. The minimum absolute atomic E-state index is 0.0564. The van der Waals surface area contributed by atoms with E-state index in [0.29, 0.717) is 0 Å². The molecule has 3 nitrogen and oxygen atoms in total. The second-order valence-electron chi connectivity index (χ2n) is 5.58. The molecule has 1 heterocycles. The van der Waals surface area contributed by atoms with Crippen LogP contribution in [0.2, 0.25) is 0 Å². The first-order valence-corrected chi connectivity index (χ1v) is 7.95. The van der Waals surface area contributed by atoms with Crippen LogP contribution in [0.4, 0.5) is 0 Å². The quantitative estimate of drug-likeness (QED) is 0.850. The molecule has 2 aromatic rings. The van der Waals surface area contributed by atoms with Crippen molar-refractivity contribution in [2.75, 3.05) is 32.1 Å². The lowest BCUT2D eigenvalue weighted by Crippen LogP contribution is -3.13. The highest BCUT2D eigenvalue weighted by atomic mass is 35.5. The maximum absolute atomic E-state index is 11.6. The Kier molecular flexibility index (Phi) is 4.42. The standard InChI is InChI=1S/C17H19ClN2O/c18-12-17(21)20-10-8-19(9-11-20)13-15-6-3-5-14-4-1-2-7-16(14)15/h1-7H,8-13H2/p+1. The van der Waals surface area contributed by atoms with Gasteiger partial charge in [-0.3, -0.25) is 4.79 Å². The monoisotopic (exact) mass is 303 g/mol. The first kappa shape index (κ1) is 14.4. The number of halogens is 1. The Hall–Kier alpha value is -1.58. The molecular formula is C17H20ClN2O+. The van der Waals surface area contributed by atoms with Crippen molar-refractivity contribution < 1.29 is 9.69 Å². The average molecular weight is 304 g/mol. The molecule has 110 valence electrons. The third-order valence-electron chi connectivity index (χ3n) is 4.26. The number of alkyl halides is 1. The molecule has 0 atom stereocenters. The number of hydrogen-bond acceptors (Lipinski definition) is 1. The Labute approximate surface area is 130 Å². The molecule has 0 saturated carbocycles. The Bertz CT molecular complexity index is 630. The maximum Gasteiger partial charge on any atom is 0.237 e. The van der Waals surface area contributed by atoms with Gasteiger partial charge in [-0.2, -0.15) is 0 Å². The number of nitrogens with zero attached hydrogens (tertiary/aromatic N) is 1. The zero-order chi connectivity index (χ0) is 14.7. The first-order valence-electron chi connectivity index (χ1n) is 7.42. The number of carbonyl (C=O) groups excluding carboxylic acids is 1. The third-order valence-corrected chi connectivity index (χ3v) is 4.49. The number of hydrogen-bond donors (Lipinski definition) is 1. The molecule has 0 aromatic heterocycles. The second-order valence-corrected chi connectivity index (χ2v) is 5.85. The van der Waals surface area contributed by atoms with Crippen LogP contribution in [0, 0.1) is 0 Å². The largest absolute Gasteiger partial charge is 0.330 e. The van der Waals surface area contributed by atoms with Crippen molar-refractivity contribution in [2.24, 2.45) is 0 Å². The van der Waals surface area contributed by atoms with Crippen molar-refractivity contribution in [1.29, 1.82) is 0 Å². The molecule has 0 bridgehead atoms. The van der Waals surface area contributed by atoms with Crippen LogP contribution < -0.4 is 4.90 Å². The summed E-state index contributed by atoms with van der Waals surface area (Å²) in [4.78, 5) is 15.0. The van der Waals surface area contributed by atoms with Gasteiger partial charge in [0.1, 0.15) is 12.4 Å². The summed E-state index contributed by atoms with van der Waals surface area (Å²) in [7, 11) is 0. The fourth-order valence-corrected chi connectivity index (χ4v) is 3.22. The summed E-state index contributed by atoms with van der Waals surface area (Å²) in [6.45, 7) is 4.62. The van der Waals surface area contributed by atoms with Crippen molar-refractivity contribution in [3.63, 3.8) is 0 Å². The summed E-state index contributed by atoms with van der Waals surface area (Å²) >= 11 is 5.62. The van der Waals surface area contributed by atoms with Crippen LogP contribution in [0.1, 0.15) is 5.56 Å². The van der Waals surface area contributed by atoms with Crippen LogP contribution in [0.5, 0.6) is 0 Å². The topological polar surface area (TPSA) is 24.8 Å².